The predicted molar refractivity (Wildman–Crippen MR) is 56.0 cm³/mol. The van der Waals surface area contributed by atoms with Crippen LogP contribution in [0.5, 0.6) is 0 Å². The van der Waals surface area contributed by atoms with Gasteiger partial charge in [0, 0.05) is 12.1 Å². The first-order valence-corrected chi connectivity index (χ1v) is 5.52. The number of piperidine rings is 1. The Morgan fingerprint density at radius 1 is 1.67 bits per heavy atom. The zero-order chi connectivity index (χ0) is 10.7. The summed E-state index contributed by atoms with van der Waals surface area (Å²) in [6.45, 7) is 3.91. The number of aromatic nitrogens is 2. The summed E-state index contributed by atoms with van der Waals surface area (Å²) in [7, 11) is 0. The van der Waals surface area contributed by atoms with E-state index in [0.717, 1.165) is 18.9 Å². The normalized spacial score (nSPS) is 25.3. The van der Waals surface area contributed by atoms with Gasteiger partial charge in [-0.3, -0.25) is 4.90 Å². The van der Waals surface area contributed by atoms with Gasteiger partial charge in [0.2, 0.25) is 6.39 Å². The molecule has 0 spiro atoms. The molecule has 2 unspecified atom stereocenters. The van der Waals surface area contributed by atoms with Crippen molar-refractivity contribution in [3.05, 3.63) is 12.2 Å². The van der Waals surface area contributed by atoms with Crippen LogP contribution < -0.4 is 5.73 Å². The Bertz CT molecular complexity index is 286. The highest BCUT2D eigenvalue weighted by atomic mass is 16.5. The van der Waals surface area contributed by atoms with Crippen molar-refractivity contribution in [2.75, 3.05) is 6.54 Å². The summed E-state index contributed by atoms with van der Waals surface area (Å²) in [4.78, 5) is 6.40. The lowest BCUT2D eigenvalue weighted by molar-refractivity contribution is 0.118. The summed E-state index contributed by atoms with van der Waals surface area (Å²) < 4.78 is 4.73. The molecule has 0 saturated carbocycles. The molecule has 1 aromatic rings. The van der Waals surface area contributed by atoms with E-state index in [9.17, 15) is 0 Å². The van der Waals surface area contributed by atoms with Crippen molar-refractivity contribution in [1.29, 1.82) is 0 Å². The van der Waals surface area contributed by atoms with Crippen molar-refractivity contribution in [1.82, 2.24) is 15.0 Å². The van der Waals surface area contributed by atoms with Gasteiger partial charge in [0.25, 0.3) is 0 Å². The summed E-state index contributed by atoms with van der Waals surface area (Å²) >= 11 is 0. The second-order valence-electron chi connectivity index (χ2n) is 4.24. The van der Waals surface area contributed by atoms with E-state index in [1.54, 1.807) is 0 Å². The lowest BCUT2D eigenvalue weighted by Gasteiger charge is -2.37. The molecule has 2 atom stereocenters. The first-order valence-electron chi connectivity index (χ1n) is 5.52. The molecule has 84 valence electrons. The Morgan fingerprint density at radius 2 is 2.53 bits per heavy atom. The molecular formula is C10H18N4O. The van der Waals surface area contributed by atoms with Gasteiger partial charge in [-0.05, 0) is 26.3 Å². The van der Waals surface area contributed by atoms with Gasteiger partial charge < -0.3 is 10.3 Å². The van der Waals surface area contributed by atoms with E-state index in [1.165, 1.54) is 25.7 Å². The third kappa shape index (κ3) is 2.54. The Labute approximate surface area is 89.6 Å². The van der Waals surface area contributed by atoms with Crippen LogP contribution in [-0.2, 0) is 6.54 Å². The maximum atomic E-state index is 5.98. The summed E-state index contributed by atoms with van der Waals surface area (Å²) in [5, 5.41) is 3.84. The van der Waals surface area contributed by atoms with Crippen molar-refractivity contribution in [3.63, 3.8) is 0 Å². The van der Waals surface area contributed by atoms with E-state index in [2.05, 4.69) is 22.0 Å². The lowest BCUT2D eigenvalue weighted by Crippen LogP contribution is -2.48. The third-order valence-electron chi connectivity index (χ3n) is 3.02. The Kier molecular flexibility index (Phi) is 3.33. The van der Waals surface area contributed by atoms with Crippen LogP contribution in [0.3, 0.4) is 0 Å². The van der Waals surface area contributed by atoms with Crippen LogP contribution in [0.25, 0.3) is 0 Å². The van der Waals surface area contributed by atoms with Crippen LogP contribution in [0, 0.1) is 0 Å². The van der Waals surface area contributed by atoms with Crippen molar-refractivity contribution in [3.8, 4) is 0 Å². The minimum Gasteiger partial charge on any atom is -0.343 e. The van der Waals surface area contributed by atoms with Crippen molar-refractivity contribution in [2.45, 2.75) is 44.8 Å². The summed E-state index contributed by atoms with van der Waals surface area (Å²) in [5.74, 6) is 0.752. The zero-order valence-corrected chi connectivity index (χ0v) is 9.09. The molecule has 1 aromatic heterocycles. The van der Waals surface area contributed by atoms with E-state index in [0.29, 0.717) is 6.04 Å². The molecule has 0 aromatic carbocycles. The van der Waals surface area contributed by atoms with Crippen LogP contribution in [-0.4, -0.2) is 33.7 Å². The maximum absolute atomic E-state index is 5.98. The third-order valence-corrected chi connectivity index (χ3v) is 3.02. The second kappa shape index (κ2) is 4.72. The van der Waals surface area contributed by atoms with Crippen LogP contribution >= 0.6 is 0 Å². The molecular weight excluding hydrogens is 192 g/mol. The molecule has 0 amide bonds. The van der Waals surface area contributed by atoms with E-state index in [1.807, 2.05) is 0 Å². The molecule has 0 aliphatic carbocycles. The van der Waals surface area contributed by atoms with Crippen LogP contribution in [0.1, 0.15) is 32.0 Å². The van der Waals surface area contributed by atoms with Crippen LogP contribution in [0.2, 0.25) is 0 Å². The summed E-state index contributed by atoms with van der Waals surface area (Å²) in [5.41, 5.74) is 5.98. The smallest absolute Gasteiger partial charge is 0.213 e. The van der Waals surface area contributed by atoms with Gasteiger partial charge in [0.15, 0.2) is 5.82 Å². The van der Waals surface area contributed by atoms with Gasteiger partial charge in [0.05, 0.1) is 6.54 Å². The number of nitrogens with zero attached hydrogens (tertiary/aromatic N) is 3. The molecule has 0 bridgehead atoms. The monoisotopic (exact) mass is 210 g/mol. The fourth-order valence-electron chi connectivity index (χ4n) is 2.25. The average molecular weight is 210 g/mol. The van der Waals surface area contributed by atoms with Gasteiger partial charge in [0.1, 0.15) is 0 Å². The van der Waals surface area contributed by atoms with Crippen LogP contribution in [0.15, 0.2) is 10.9 Å². The second-order valence-corrected chi connectivity index (χ2v) is 4.24. The molecule has 5 nitrogen and oxygen atoms in total. The first kappa shape index (κ1) is 10.6. The van der Waals surface area contributed by atoms with Gasteiger partial charge in [-0.1, -0.05) is 11.6 Å². The number of rotatable bonds is 3. The number of hydrogen-bond donors (Lipinski definition) is 1. The molecule has 1 aliphatic heterocycles. The molecule has 15 heavy (non-hydrogen) atoms. The fraction of sp³-hybridized carbons (Fsp3) is 0.800. The predicted octanol–water partition coefficient (Wildman–Crippen LogP) is 0.771. The molecule has 0 radical (unpaired) electrons. The zero-order valence-electron chi connectivity index (χ0n) is 9.09. The van der Waals surface area contributed by atoms with E-state index < -0.39 is 0 Å². The number of likely N-dealkylation sites (tertiary alicyclic amines) is 1. The van der Waals surface area contributed by atoms with Gasteiger partial charge in [-0.25, -0.2) is 0 Å². The lowest BCUT2D eigenvalue weighted by atomic mass is 9.97. The topological polar surface area (TPSA) is 68.2 Å². The Hall–Kier alpha value is -0.940. The van der Waals surface area contributed by atoms with E-state index in [4.69, 9.17) is 10.3 Å². The molecule has 2 rings (SSSR count). The van der Waals surface area contributed by atoms with Crippen molar-refractivity contribution < 1.29 is 4.52 Å². The fourth-order valence-corrected chi connectivity index (χ4v) is 2.25. The van der Waals surface area contributed by atoms with Crippen LogP contribution in [0.4, 0.5) is 0 Å². The average Bonchev–Trinajstić information content (AvgIpc) is 2.71. The maximum Gasteiger partial charge on any atom is 0.213 e. The minimum atomic E-state index is 0.206. The number of hydrogen-bond acceptors (Lipinski definition) is 5. The van der Waals surface area contributed by atoms with Gasteiger partial charge >= 0.3 is 0 Å². The Morgan fingerprint density at radius 3 is 3.20 bits per heavy atom. The van der Waals surface area contributed by atoms with E-state index >= 15 is 0 Å². The quantitative estimate of drug-likeness (QED) is 0.798. The van der Waals surface area contributed by atoms with Crippen molar-refractivity contribution >= 4 is 0 Å². The highest BCUT2D eigenvalue weighted by Crippen LogP contribution is 2.20. The number of nitrogens with two attached hydrogens (primary N) is 1. The molecule has 2 heterocycles. The van der Waals surface area contributed by atoms with Crippen molar-refractivity contribution in [2.24, 2.45) is 5.73 Å². The highest BCUT2D eigenvalue weighted by Gasteiger charge is 2.26. The summed E-state index contributed by atoms with van der Waals surface area (Å²) in [6.07, 6.45) is 5.06. The summed E-state index contributed by atoms with van der Waals surface area (Å²) in [6, 6.07) is 0.662. The molecule has 1 saturated heterocycles. The SMILES string of the molecule is CC(N)C1CCCCN1Cc1ncon1. The molecule has 1 aliphatic rings. The first-order chi connectivity index (χ1) is 7.27. The molecule has 5 heteroatoms. The largest absolute Gasteiger partial charge is 0.343 e. The standard InChI is InChI=1S/C10H18N4O/c1-8(11)9-4-2-3-5-14(9)6-10-12-7-15-13-10/h7-9H,2-6,11H2,1H3. The van der Waals surface area contributed by atoms with E-state index in [-0.39, 0.29) is 6.04 Å². The minimum absolute atomic E-state index is 0.206. The molecule has 2 N–H and O–H groups in total. The van der Waals surface area contributed by atoms with Gasteiger partial charge in [-0.15, -0.1) is 0 Å². The Balaban J connectivity index is 1.99. The van der Waals surface area contributed by atoms with Gasteiger partial charge in [-0.2, -0.15) is 4.98 Å². The molecule has 1 fully saturated rings. The highest BCUT2D eigenvalue weighted by molar-refractivity contribution is 4.87.